The van der Waals surface area contributed by atoms with E-state index >= 15 is 0 Å². The van der Waals surface area contributed by atoms with Crippen molar-refractivity contribution in [2.24, 2.45) is 0 Å². The van der Waals surface area contributed by atoms with E-state index in [-0.39, 0.29) is 17.0 Å². The average Bonchev–Trinajstić information content (AvgIpc) is 2.46. The number of carbonyl (C=O) groups is 1. The molecule has 0 fully saturated rings. The summed E-state index contributed by atoms with van der Waals surface area (Å²) < 4.78 is 26.5. The van der Waals surface area contributed by atoms with Crippen molar-refractivity contribution in [2.45, 2.75) is 6.42 Å². The molecule has 1 N–H and O–H groups in total. The van der Waals surface area contributed by atoms with Crippen LogP contribution in [0.15, 0.2) is 36.4 Å². The van der Waals surface area contributed by atoms with Gasteiger partial charge in [-0.3, -0.25) is 4.79 Å². The van der Waals surface area contributed by atoms with Gasteiger partial charge < -0.3 is 5.32 Å². The Bertz CT molecular complexity index is 741. The Hall–Kier alpha value is -2.45. The van der Waals surface area contributed by atoms with E-state index < -0.39 is 17.5 Å². The lowest BCUT2D eigenvalue weighted by atomic mass is 10.1. The van der Waals surface area contributed by atoms with Crippen molar-refractivity contribution >= 4 is 23.2 Å². The summed E-state index contributed by atoms with van der Waals surface area (Å²) >= 11 is 5.91. The zero-order valence-electron chi connectivity index (χ0n) is 10.7. The van der Waals surface area contributed by atoms with Crippen LogP contribution >= 0.6 is 11.6 Å². The normalized spacial score (nSPS) is 10.0. The molecular weight excluding hydrogens is 298 g/mol. The molecule has 2 rings (SSSR count). The molecule has 6 heteroatoms. The van der Waals surface area contributed by atoms with Crippen molar-refractivity contribution in [3.05, 3.63) is 64.2 Å². The van der Waals surface area contributed by atoms with Crippen molar-refractivity contribution in [3.63, 3.8) is 0 Å². The van der Waals surface area contributed by atoms with Gasteiger partial charge in [0.05, 0.1) is 28.8 Å². The molecular formula is C15H9ClF2N2O. The van der Waals surface area contributed by atoms with Crippen LogP contribution in [0.1, 0.15) is 11.1 Å². The highest BCUT2D eigenvalue weighted by Crippen LogP contribution is 2.23. The van der Waals surface area contributed by atoms with E-state index in [1.54, 1.807) is 0 Å². The number of amides is 1. The average molecular weight is 307 g/mol. The van der Waals surface area contributed by atoms with E-state index in [9.17, 15) is 13.6 Å². The highest BCUT2D eigenvalue weighted by molar-refractivity contribution is 6.33. The van der Waals surface area contributed by atoms with E-state index in [0.717, 1.165) is 6.07 Å². The summed E-state index contributed by atoms with van der Waals surface area (Å²) in [6.07, 6.45) is -0.320. The molecule has 106 valence electrons. The number of hydrogen-bond acceptors (Lipinski definition) is 2. The number of carbonyl (C=O) groups excluding carboxylic acids is 1. The third-order valence-corrected chi connectivity index (χ3v) is 3.07. The molecule has 0 bridgehead atoms. The molecule has 0 aliphatic rings. The van der Waals surface area contributed by atoms with Crippen molar-refractivity contribution in [1.29, 1.82) is 5.26 Å². The number of hydrogen-bond donors (Lipinski definition) is 1. The van der Waals surface area contributed by atoms with E-state index in [2.05, 4.69) is 5.32 Å². The Morgan fingerprint density at radius 2 is 2.05 bits per heavy atom. The Morgan fingerprint density at radius 1 is 1.29 bits per heavy atom. The predicted octanol–water partition coefficient (Wildman–Crippen LogP) is 3.67. The minimum Gasteiger partial charge on any atom is -0.324 e. The Morgan fingerprint density at radius 3 is 2.71 bits per heavy atom. The molecule has 0 heterocycles. The summed E-state index contributed by atoms with van der Waals surface area (Å²) in [7, 11) is 0. The van der Waals surface area contributed by atoms with Gasteiger partial charge in [0.2, 0.25) is 5.91 Å². The number of anilines is 1. The Labute approximate surface area is 124 Å². The molecule has 2 aromatic rings. The molecule has 21 heavy (non-hydrogen) atoms. The topological polar surface area (TPSA) is 52.9 Å². The van der Waals surface area contributed by atoms with Crippen LogP contribution in [0.2, 0.25) is 5.02 Å². The first-order valence-electron chi connectivity index (χ1n) is 5.93. The number of benzene rings is 2. The quantitative estimate of drug-likeness (QED) is 0.940. The predicted molar refractivity (Wildman–Crippen MR) is 74.9 cm³/mol. The summed E-state index contributed by atoms with van der Waals surface area (Å²) in [5.41, 5.74) is 0.615. The zero-order valence-corrected chi connectivity index (χ0v) is 11.4. The molecule has 0 aliphatic heterocycles. The maximum absolute atomic E-state index is 13.5. The maximum Gasteiger partial charge on any atom is 0.228 e. The number of halogens is 3. The number of nitriles is 1. The fraction of sp³-hybridized carbons (Fsp3) is 0.0667. The second-order valence-electron chi connectivity index (χ2n) is 4.24. The summed E-state index contributed by atoms with van der Waals surface area (Å²) in [6, 6.07) is 9.92. The van der Waals surface area contributed by atoms with Crippen LogP contribution in [0, 0.1) is 23.0 Å². The van der Waals surface area contributed by atoms with Crippen LogP contribution in [0.25, 0.3) is 0 Å². The molecule has 0 aliphatic carbocycles. The fourth-order valence-corrected chi connectivity index (χ4v) is 1.97. The highest BCUT2D eigenvalue weighted by atomic mass is 35.5. The van der Waals surface area contributed by atoms with Crippen LogP contribution < -0.4 is 5.32 Å². The fourth-order valence-electron chi connectivity index (χ4n) is 1.74. The molecule has 0 saturated heterocycles. The summed E-state index contributed by atoms with van der Waals surface area (Å²) in [4.78, 5) is 11.8. The zero-order chi connectivity index (χ0) is 15.4. The number of rotatable bonds is 3. The second kappa shape index (κ2) is 6.33. The third-order valence-electron chi connectivity index (χ3n) is 2.75. The SMILES string of the molecule is N#Cc1ccc(NC(=O)Cc2cccc(F)c2F)c(Cl)c1. The smallest absolute Gasteiger partial charge is 0.228 e. The van der Waals surface area contributed by atoms with Gasteiger partial charge in [-0.15, -0.1) is 0 Å². The third kappa shape index (κ3) is 3.56. The summed E-state index contributed by atoms with van der Waals surface area (Å²) in [5.74, 6) is -2.58. The van der Waals surface area contributed by atoms with E-state index in [4.69, 9.17) is 16.9 Å². The van der Waals surface area contributed by atoms with Crippen molar-refractivity contribution in [2.75, 3.05) is 5.32 Å². The lowest BCUT2D eigenvalue weighted by molar-refractivity contribution is -0.115. The summed E-state index contributed by atoms with van der Waals surface area (Å²) in [6.45, 7) is 0. The van der Waals surface area contributed by atoms with Gasteiger partial charge in [0.15, 0.2) is 11.6 Å². The molecule has 0 unspecified atom stereocenters. The molecule has 0 saturated carbocycles. The standard InChI is InChI=1S/C15H9ClF2N2O/c16-11-6-9(8-19)4-5-13(11)20-14(21)7-10-2-1-3-12(17)15(10)18/h1-6H,7H2,(H,20,21). The first-order chi connectivity index (χ1) is 10.0. The molecule has 0 atom stereocenters. The van der Waals surface area contributed by atoms with Gasteiger partial charge in [0, 0.05) is 5.56 Å². The lowest BCUT2D eigenvalue weighted by Gasteiger charge is -2.08. The molecule has 0 radical (unpaired) electrons. The molecule has 0 spiro atoms. The van der Waals surface area contributed by atoms with Gasteiger partial charge in [-0.2, -0.15) is 5.26 Å². The van der Waals surface area contributed by atoms with Crippen molar-refractivity contribution in [1.82, 2.24) is 0 Å². The van der Waals surface area contributed by atoms with Crippen molar-refractivity contribution in [3.8, 4) is 6.07 Å². The monoisotopic (exact) mass is 306 g/mol. The second-order valence-corrected chi connectivity index (χ2v) is 4.65. The molecule has 2 aromatic carbocycles. The minimum absolute atomic E-state index is 0.0442. The highest BCUT2D eigenvalue weighted by Gasteiger charge is 2.13. The largest absolute Gasteiger partial charge is 0.324 e. The van der Waals surface area contributed by atoms with E-state index in [1.807, 2.05) is 6.07 Å². The minimum atomic E-state index is -1.04. The van der Waals surface area contributed by atoms with Gasteiger partial charge in [-0.25, -0.2) is 8.78 Å². The van der Waals surface area contributed by atoms with E-state index in [1.165, 1.54) is 30.3 Å². The van der Waals surface area contributed by atoms with Crippen LogP contribution in [0.5, 0.6) is 0 Å². The summed E-state index contributed by atoms with van der Waals surface area (Å²) in [5, 5.41) is 11.4. The maximum atomic E-state index is 13.5. The first kappa shape index (κ1) is 14.9. The van der Waals surface area contributed by atoms with Gasteiger partial charge in [-0.1, -0.05) is 23.7 Å². The van der Waals surface area contributed by atoms with Gasteiger partial charge in [0.1, 0.15) is 0 Å². The molecule has 0 aromatic heterocycles. The molecule has 3 nitrogen and oxygen atoms in total. The number of nitrogens with one attached hydrogen (secondary N) is 1. The molecule has 1 amide bonds. The van der Waals surface area contributed by atoms with Crippen molar-refractivity contribution < 1.29 is 13.6 Å². The Balaban J connectivity index is 2.12. The van der Waals surface area contributed by atoms with Gasteiger partial charge >= 0.3 is 0 Å². The van der Waals surface area contributed by atoms with Crippen LogP contribution in [-0.4, -0.2) is 5.91 Å². The van der Waals surface area contributed by atoms with Gasteiger partial charge in [-0.05, 0) is 24.3 Å². The first-order valence-corrected chi connectivity index (χ1v) is 6.31. The van der Waals surface area contributed by atoms with Gasteiger partial charge in [0.25, 0.3) is 0 Å². The lowest BCUT2D eigenvalue weighted by Crippen LogP contribution is -2.15. The van der Waals surface area contributed by atoms with Crippen LogP contribution in [-0.2, 0) is 11.2 Å². The number of nitrogens with zero attached hydrogens (tertiary/aromatic N) is 1. The van der Waals surface area contributed by atoms with E-state index in [0.29, 0.717) is 11.3 Å². The van der Waals surface area contributed by atoms with Crippen LogP contribution in [0.4, 0.5) is 14.5 Å². The Kier molecular flexibility index (Phi) is 4.51. The van der Waals surface area contributed by atoms with Crippen LogP contribution in [0.3, 0.4) is 0 Å².